The van der Waals surface area contributed by atoms with Gasteiger partial charge in [0.15, 0.2) is 0 Å². The van der Waals surface area contributed by atoms with Crippen molar-refractivity contribution in [2.45, 2.75) is 17.9 Å². The van der Waals surface area contributed by atoms with Crippen LogP contribution in [0.3, 0.4) is 0 Å². The summed E-state index contributed by atoms with van der Waals surface area (Å²) in [4.78, 5) is 0. The van der Waals surface area contributed by atoms with Crippen molar-refractivity contribution in [1.82, 2.24) is 0 Å². The molecular weight excluding hydrogens is 609 g/mol. The van der Waals surface area contributed by atoms with Crippen molar-refractivity contribution in [2.24, 2.45) is 0 Å². The summed E-state index contributed by atoms with van der Waals surface area (Å²) in [5.74, 6) is 0. The fraction of sp³-hybridized carbons (Fsp3) is 1.00. The Morgan fingerprint density at radius 3 is 0.786 bits per heavy atom. The van der Waals surface area contributed by atoms with Crippen LogP contribution in [0.25, 0.3) is 0 Å². The summed E-state index contributed by atoms with van der Waals surface area (Å²) in [5, 5.41) is 0. The third-order valence-corrected chi connectivity index (χ3v) is 0. The van der Waals surface area contributed by atoms with E-state index in [-0.39, 0.29) is 48.5 Å². The van der Waals surface area contributed by atoms with Gasteiger partial charge in [0.25, 0.3) is 0 Å². The van der Waals surface area contributed by atoms with Crippen LogP contribution in [0, 0.1) is 0 Å². The van der Waals surface area contributed by atoms with E-state index in [9.17, 15) is 0 Å². The van der Waals surface area contributed by atoms with E-state index in [1.165, 1.54) is 12.5 Å². The van der Waals surface area contributed by atoms with Crippen molar-refractivity contribution in [3.63, 3.8) is 0 Å². The van der Waals surface area contributed by atoms with Crippen molar-refractivity contribution in [3.8, 4) is 0 Å². The average molecular weight is 629 g/mol. The Hall–Kier alpha value is 2.06. The summed E-state index contributed by atoms with van der Waals surface area (Å²) in [7, 11) is 0. The predicted molar refractivity (Wildman–Crippen MR) is 68.4 cm³/mol. The van der Waals surface area contributed by atoms with E-state index in [2.05, 4.69) is 17.9 Å². The molecule has 2 N–H and O–H groups in total. The predicted octanol–water partition coefficient (Wildman–Crippen LogP) is 1.25. The molecule has 0 aromatic carbocycles. The maximum atomic E-state index is 9.11. The Morgan fingerprint density at radius 2 is 0.786 bits per heavy atom. The van der Waals surface area contributed by atoms with Crippen LogP contribution in [-0.2, 0) is 22.2 Å². The molecule has 0 saturated heterocycles. The molecule has 2 unspecified atom stereocenters. The fourth-order valence-corrected chi connectivity index (χ4v) is 0. The van der Waals surface area contributed by atoms with Gasteiger partial charge in [-0.2, -0.15) is 0 Å². The first-order valence-electron chi connectivity index (χ1n) is 3.82. The molecule has 0 heterocycles. The molecule has 0 bridgehead atoms. The van der Waals surface area contributed by atoms with Gasteiger partial charge in [-0.1, -0.05) is 0 Å². The van der Waals surface area contributed by atoms with E-state index in [4.69, 9.17) is 17.5 Å². The topological polar surface area (TPSA) is 74.6 Å². The molecule has 0 amide bonds. The molecule has 0 aromatic heterocycles. The monoisotopic (exact) mass is 630 g/mol. The molecular formula is C6H20O4S2Tl2. The quantitative estimate of drug-likeness (QED) is 0.313. The van der Waals surface area contributed by atoms with Crippen LogP contribution in [0.5, 0.6) is 0 Å². The first-order chi connectivity index (χ1) is 6.29. The van der Waals surface area contributed by atoms with E-state index < -0.39 is 22.2 Å². The van der Waals surface area contributed by atoms with Gasteiger partial charge in [0, 0.05) is 12.5 Å². The normalized spacial score (nSPS) is 10.3. The molecule has 0 aromatic rings. The molecule has 0 saturated carbocycles. The van der Waals surface area contributed by atoms with Gasteiger partial charge >= 0.3 is 66.4 Å². The molecule has 4 nitrogen and oxygen atoms in total. The molecule has 0 radical (unpaired) electrons. The van der Waals surface area contributed by atoms with Gasteiger partial charge in [0.2, 0.25) is 0 Å². The van der Waals surface area contributed by atoms with Crippen LogP contribution < -0.4 is 0 Å². The first-order valence-corrected chi connectivity index (χ1v) is 24.8. The molecule has 0 spiro atoms. The zero-order valence-corrected chi connectivity index (χ0v) is 20.3. The van der Waals surface area contributed by atoms with Gasteiger partial charge in [-0.3, -0.25) is 0 Å². The zero-order chi connectivity index (χ0) is 12.6. The van der Waals surface area contributed by atoms with Gasteiger partial charge in [-0.25, -0.2) is 8.42 Å². The molecule has 0 rings (SSSR count). The van der Waals surface area contributed by atoms with Gasteiger partial charge in [-0.05, 0) is 0 Å². The number of rotatable bonds is 0. The van der Waals surface area contributed by atoms with Crippen LogP contribution in [0.4, 0.5) is 0 Å². The zero-order valence-electron chi connectivity index (χ0n) is 9.68. The van der Waals surface area contributed by atoms with E-state index >= 15 is 0 Å². The van der Waals surface area contributed by atoms with Crippen molar-refractivity contribution in [2.75, 3.05) is 12.5 Å². The van der Waals surface area contributed by atoms with Gasteiger partial charge < -0.3 is 9.11 Å². The van der Waals surface area contributed by atoms with E-state index in [0.717, 1.165) is 0 Å². The molecule has 0 aliphatic carbocycles. The summed E-state index contributed by atoms with van der Waals surface area (Å²) in [6.07, 6.45) is 2.39. The van der Waals surface area contributed by atoms with Crippen LogP contribution in [0.2, 0.25) is 17.9 Å². The molecule has 86 valence electrons. The second kappa shape index (κ2) is 29.4. The Morgan fingerprint density at radius 1 is 0.786 bits per heavy atom. The van der Waals surface area contributed by atoms with Gasteiger partial charge in [0.1, 0.15) is 22.2 Å². The van der Waals surface area contributed by atoms with Crippen LogP contribution in [0.1, 0.15) is 0 Å². The Kier molecular flexibility index (Phi) is 52.6. The van der Waals surface area contributed by atoms with Crippen LogP contribution in [-0.4, -0.2) is 78.5 Å². The van der Waals surface area contributed by atoms with Gasteiger partial charge in [0.05, 0.1) is 0 Å². The Bertz CT molecular complexity index is 102. The molecule has 14 heavy (non-hydrogen) atoms. The molecule has 0 aliphatic heterocycles. The minimum absolute atomic E-state index is 0.000000000000000111. The van der Waals surface area contributed by atoms with Crippen LogP contribution >= 0.6 is 0 Å². The van der Waals surface area contributed by atoms with E-state index in [0.29, 0.717) is 0 Å². The summed E-state index contributed by atoms with van der Waals surface area (Å²) >= 11 is -3.22. The molecule has 0 fully saturated rings. The standard InChI is InChI=1S/2CH4O2S.4CH3.2Tl/c2*1-4(2)3;;;;;;/h2*1H3,(H,2,3);4*1H3;;. The van der Waals surface area contributed by atoms with Crippen molar-refractivity contribution >= 4 is 70.6 Å². The minimum atomic E-state index is -1.61. The average Bonchev–Trinajstić information content (AvgIpc) is 1.85. The third-order valence-electron chi connectivity index (χ3n) is 0. The summed E-state index contributed by atoms with van der Waals surface area (Å²) in [6, 6.07) is 0. The Balaban J connectivity index is -0.0000000482. The van der Waals surface area contributed by atoms with E-state index in [1.54, 1.807) is 0 Å². The van der Waals surface area contributed by atoms with Crippen molar-refractivity contribution in [1.29, 1.82) is 0 Å². The number of hydrogen-bond acceptors (Lipinski definition) is 2. The van der Waals surface area contributed by atoms with E-state index in [1.807, 2.05) is 0 Å². The van der Waals surface area contributed by atoms with Crippen molar-refractivity contribution < 1.29 is 17.5 Å². The number of hydrogen-bond donors (Lipinski definition) is 2. The van der Waals surface area contributed by atoms with Crippen LogP contribution in [0.15, 0.2) is 0 Å². The second-order valence-electron chi connectivity index (χ2n) is 2.00. The van der Waals surface area contributed by atoms with Gasteiger partial charge in [-0.15, -0.1) is 0 Å². The molecule has 0 aliphatic rings. The summed E-state index contributed by atoms with van der Waals surface area (Å²) < 4.78 is 42.6. The van der Waals surface area contributed by atoms with Crippen molar-refractivity contribution in [3.05, 3.63) is 0 Å². The molecule has 2 atom stereocenters. The second-order valence-corrected chi connectivity index (χ2v) is 12.7. The summed E-state index contributed by atoms with van der Waals surface area (Å²) in [6.45, 7) is 0. The third kappa shape index (κ3) is 563. The SMILES string of the molecule is CS(=O)O.CS(=O)O.[CH3][Tl][CH3].[CH3][Tl][CH3]. The fourth-order valence-electron chi connectivity index (χ4n) is 0. The summed E-state index contributed by atoms with van der Waals surface area (Å²) in [5.41, 5.74) is 0. The first kappa shape index (κ1) is 25.0. The Labute approximate surface area is 117 Å². The maximum absolute atomic E-state index is 9.11. The molecule has 8 heteroatoms.